The number of hydrogen-bond acceptors (Lipinski definition) is 2. The Hall–Kier alpha value is -2.04. The third-order valence-electron chi connectivity index (χ3n) is 2.92. The summed E-state index contributed by atoms with van der Waals surface area (Å²) in [6.07, 6.45) is 0.533. The first-order valence-corrected chi connectivity index (χ1v) is 6.19. The highest BCUT2D eigenvalue weighted by Crippen LogP contribution is 2.14. The van der Waals surface area contributed by atoms with Gasteiger partial charge in [0.05, 0.1) is 0 Å². The maximum absolute atomic E-state index is 12.1. The Balaban J connectivity index is 2.56. The molecule has 0 aliphatic carbocycles. The summed E-state index contributed by atoms with van der Waals surface area (Å²) in [5.41, 5.74) is 1.96. The molecule has 0 aliphatic rings. The molecule has 0 saturated carbocycles. The van der Waals surface area contributed by atoms with E-state index in [1.165, 1.54) is 4.90 Å². The summed E-state index contributed by atoms with van der Waals surface area (Å²) >= 11 is 0. The minimum absolute atomic E-state index is 0.0753. The Bertz CT molecular complexity index is 443. The second-order valence-electron chi connectivity index (χ2n) is 4.60. The minimum atomic E-state index is -0.840. The molecule has 5 heteroatoms. The van der Waals surface area contributed by atoms with Gasteiger partial charge < -0.3 is 10.0 Å². The molecule has 19 heavy (non-hydrogen) atoms. The van der Waals surface area contributed by atoms with Crippen molar-refractivity contribution in [2.45, 2.75) is 19.8 Å². The Kier molecular flexibility index (Phi) is 5.36. The maximum Gasteiger partial charge on any atom is 0.323 e. The smallest absolute Gasteiger partial charge is 0.323 e. The monoisotopic (exact) mass is 264 g/mol. The van der Waals surface area contributed by atoms with E-state index in [0.717, 1.165) is 11.3 Å². The van der Waals surface area contributed by atoms with Crippen molar-refractivity contribution in [3.8, 4) is 0 Å². The SMILES string of the molecule is Cc1ccc(N(C)C(=O)N(C)CCCC(=O)O)cc1. The average Bonchev–Trinajstić information content (AvgIpc) is 2.37. The second-order valence-corrected chi connectivity index (χ2v) is 4.60. The number of carbonyl (C=O) groups excluding carboxylic acids is 1. The summed E-state index contributed by atoms with van der Waals surface area (Å²) in [5.74, 6) is -0.840. The van der Waals surface area contributed by atoms with Crippen LogP contribution in [0.4, 0.5) is 10.5 Å². The van der Waals surface area contributed by atoms with Gasteiger partial charge in [0.15, 0.2) is 0 Å². The fraction of sp³-hybridized carbons (Fsp3) is 0.429. The first-order chi connectivity index (χ1) is 8.91. The van der Waals surface area contributed by atoms with Crippen LogP contribution in [0.1, 0.15) is 18.4 Å². The third kappa shape index (κ3) is 4.62. The number of aliphatic carboxylic acids is 1. The van der Waals surface area contributed by atoms with E-state index in [-0.39, 0.29) is 12.5 Å². The molecule has 0 aliphatic heterocycles. The van der Waals surface area contributed by atoms with Crippen LogP contribution in [0.3, 0.4) is 0 Å². The van der Waals surface area contributed by atoms with Gasteiger partial charge in [-0.1, -0.05) is 17.7 Å². The molecular formula is C14H20N2O3. The van der Waals surface area contributed by atoms with Crippen molar-refractivity contribution in [3.63, 3.8) is 0 Å². The van der Waals surface area contributed by atoms with Crippen LogP contribution in [0.25, 0.3) is 0 Å². The molecule has 0 bridgehead atoms. The van der Waals surface area contributed by atoms with Crippen LogP contribution >= 0.6 is 0 Å². The number of rotatable bonds is 5. The van der Waals surface area contributed by atoms with Crippen molar-refractivity contribution < 1.29 is 14.7 Å². The lowest BCUT2D eigenvalue weighted by molar-refractivity contribution is -0.137. The van der Waals surface area contributed by atoms with E-state index in [0.29, 0.717) is 13.0 Å². The van der Waals surface area contributed by atoms with E-state index < -0.39 is 5.97 Å². The topological polar surface area (TPSA) is 60.9 Å². The molecule has 5 nitrogen and oxygen atoms in total. The maximum atomic E-state index is 12.1. The van der Waals surface area contributed by atoms with Crippen molar-refractivity contribution in [1.82, 2.24) is 4.90 Å². The number of nitrogens with zero attached hydrogens (tertiary/aromatic N) is 2. The largest absolute Gasteiger partial charge is 0.481 e. The van der Waals surface area contributed by atoms with E-state index in [2.05, 4.69) is 0 Å². The van der Waals surface area contributed by atoms with Gasteiger partial charge in [-0.25, -0.2) is 4.79 Å². The van der Waals surface area contributed by atoms with Gasteiger partial charge >= 0.3 is 12.0 Å². The van der Waals surface area contributed by atoms with Gasteiger partial charge in [-0.05, 0) is 25.5 Å². The van der Waals surface area contributed by atoms with Crippen LogP contribution in [-0.2, 0) is 4.79 Å². The molecule has 2 amide bonds. The number of carbonyl (C=O) groups is 2. The second kappa shape index (κ2) is 6.78. The van der Waals surface area contributed by atoms with Crippen molar-refractivity contribution in [3.05, 3.63) is 29.8 Å². The van der Waals surface area contributed by atoms with Crippen molar-refractivity contribution in [2.24, 2.45) is 0 Å². The first-order valence-electron chi connectivity index (χ1n) is 6.19. The van der Waals surface area contributed by atoms with Crippen molar-refractivity contribution >= 4 is 17.7 Å². The Morgan fingerprint density at radius 1 is 1.16 bits per heavy atom. The van der Waals surface area contributed by atoms with Crippen molar-refractivity contribution in [2.75, 3.05) is 25.5 Å². The highest BCUT2D eigenvalue weighted by atomic mass is 16.4. The fourth-order valence-electron chi connectivity index (χ4n) is 1.70. The van der Waals surface area contributed by atoms with Gasteiger partial charge in [0, 0.05) is 32.7 Å². The standard InChI is InChI=1S/C14H20N2O3/c1-11-6-8-12(9-7-11)16(3)14(19)15(2)10-4-5-13(17)18/h6-9H,4-5,10H2,1-3H3,(H,17,18). The van der Waals surface area contributed by atoms with Gasteiger partial charge in [0.25, 0.3) is 0 Å². The zero-order valence-corrected chi connectivity index (χ0v) is 11.6. The summed E-state index contributed by atoms with van der Waals surface area (Å²) in [7, 11) is 3.38. The number of amides is 2. The highest BCUT2D eigenvalue weighted by Gasteiger charge is 2.15. The van der Waals surface area contributed by atoms with Crippen molar-refractivity contribution in [1.29, 1.82) is 0 Å². The third-order valence-corrected chi connectivity index (χ3v) is 2.92. The number of carboxylic acids is 1. The molecule has 0 saturated heterocycles. The van der Waals surface area contributed by atoms with Gasteiger partial charge in [0.2, 0.25) is 0 Å². The van der Waals surface area contributed by atoms with E-state index in [9.17, 15) is 9.59 Å². The average molecular weight is 264 g/mol. The van der Waals surface area contributed by atoms with Gasteiger partial charge in [-0.2, -0.15) is 0 Å². The molecule has 1 aromatic carbocycles. The summed E-state index contributed by atoms with van der Waals surface area (Å²) in [6.45, 7) is 2.42. The Morgan fingerprint density at radius 2 is 1.74 bits per heavy atom. The summed E-state index contributed by atoms with van der Waals surface area (Å²) < 4.78 is 0. The summed E-state index contributed by atoms with van der Waals surface area (Å²) in [5, 5.41) is 8.56. The predicted molar refractivity (Wildman–Crippen MR) is 74.5 cm³/mol. The minimum Gasteiger partial charge on any atom is -0.481 e. The predicted octanol–water partition coefficient (Wildman–Crippen LogP) is 2.35. The highest BCUT2D eigenvalue weighted by molar-refractivity contribution is 5.91. The molecule has 1 aromatic rings. The van der Waals surface area contributed by atoms with E-state index in [1.54, 1.807) is 19.0 Å². The van der Waals surface area contributed by atoms with Crippen LogP contribution in [0.15, 0.2) is 24.3 Å². The van der Waals surface area contributed by atoms with Crippen LogP contribution in [0.5, 0.6) is 0 Å². The zero-order valence-electron chi connectivity index (χ0n) is 11.6. The van der Waals surface area contributed by atoms with Gasteiger partial charge in [-0.15, -0.1) is 0 Å². The van der Waals surface area contributed by atoms with Gasteiger partial charge in [-0.3, -0.25) is 9.69 Å². The number of aryl methyl sites for hydroxylation is 1. The van der Waals surface area contributed by atoms with E-state index in [1.807, 2.05) is 31.2 Å². The summed E-state index contributed by atoms with van der Waals surface area (Å²) in [4.78, 5) is 25.6. The van der Waals surface area contributed by atoms with Gasteiger partial charge in [0.1, 0.15) is 0 Å². The number of anilines is 1. The van der Waals surface area contributed by atoms with Crippen LogP contribution in [0.2, 0.25) is 0 Å². The number of benzene rings is 1. The molecule has 0 aromatic heterocycles. The van der Waals surface area contributed by atoms with E-state index in [4.69, 9.17) is 5.11 Å². The Morgan fingerprint density at radius 3 is 2.26 bits per heavy atom. The Labute approximate surface area is 113 Å². The number of hydrogen-bond donors (Lipinski definition) is 1. The number of urea groups is 1. The first kappa shape index (κ1) is 15.0. The van der Waals surface area contributed by atoms with Crippen LogP contribution < -0.4 is 4.90 Å². The van der Waals surface area contributed by atoms with Crippen LogP contribution in [-0.4, -0.2) is 42.6 Å². The number of carboxylic acid groups (broad SMARTS) is 1. The molecule has 1 N–H and O–H groups in total. The molecule has 0 spiro atoms. The molecule has 0 radical (unpaired) electrons. The lowest BCUT2D eigenvalue weighted by Gasteiger charge is -2.25. The molecule has 0 heterocycles. The molecule has 104 valence electrons. The summed E-state index contributed by atoms with van der Waals surface area (Å²) in [6, 6.07) is 7.53. The molecule has 0 fully saturated rings. The molecular weight excluding hydrogens is 244 g/mol. The lowest BCUT2D eigenvalue weighted by atomic mass is 10.2. The quantitative estimate of drug-likeness (QED) is 0.888. The fourth-order valence-corrected chi connectivity index (χ4v) is 1.70. The normalized spacial score (nSPS) is 10.1. The molecule has 0 unspecified atom stereocenters. The zero-order chi connectivity index (χ0) is 14.4. The van der Waals surface area contributed by atoms with E-state index >= 15 is 0 Å². The molecule has 0 atom stereocenters. The molecule has 1 rings (SSSR count). The van der Waals surface area contributed by atoms with Crippen LogP contribution in [0, 0.1) is 6.92 Å². The lowest BCUT2D eigenvalue weighted by Crippen LogP contribution is -2.39.